The van der Waals surface area contributed by atoms with Gasteiger partial charge in [-0.1, -0.05) is 72.8 Å². The van der Waals surface area contributed by atoms with Crippen molar-refractivity contribution in [3.8, 4) is 0 Å². The lowest BCUT2D eigenvalue weighted by Crippen LogP contribution is -2.23. The summed E-state index contributed by atoms with van der Waals surface area (Å²) in [4.78, 5) is 0.868. The van der Waals surface area contributed by atoms with Gasteiger partial charge in [-0.3, -0.25) is 4.21 Å². The average molecular weight is 349 g/mol. The van der Waals surface area contributed by atoms with Crippen LogP contribution in [-0.2, 0) is 23.8 Å². The van der Waals surface area contributed by atoms with Crippen LogP contribution >= 0.6 is 0 Å². The molecule has 0 aliphatic heterocycles. The van der Waals surface area contributed by atoms with Gasteiger partial charge >= 0.3 is 0 Å². The molecule has 0 aliphatic carbocycles. The number of nitrogens with one attached hydrogen (secondary N) is 1. The van der Waals surface area contributed by atoms with Crippen molar-refractivity contribution >= 4 is 10.8 Å². The van der Waals surface area contributed by atoms with Gasteiger partial charge in [0.15, 0.2) is 0 Å². The van der Waals surface area contributed by atoms with Crippen LogP contribution in [-0.4, -0.2) is 10.5 Å². The Morgan fingerprint density at radius 3 is 2.00 bits per heavy atom. The molecule has 3 heteroatoms. The molecule has 0 heterocycles. The molecule has 3 aromatic carbocycles. The Morgan fingerprint density at radius 2 is 1.40 bits per heavy atom. The number of rotatable bonds is 7. The Morgan fingerprint density at radius 1 is 0.800 bits per heavy atom. The van der Waals surface area contributed by atoms with Gasteiger partial charge in [0.2, 0.25) is 0 Å². The molecular formula is C22H23NOS. The molecule has 0 saturated carbocycles. The highest BCUT2D eigenvalue weighted by Crippen LogP contribution is 2.19. The van der Waals surface area contributed by atoms with Gasteiger partial charge in [-0.2, -0.15) is 0 Å². The minimum absolute atomic E-state index is 0.253. The lowest BCUT2D eigenvalue weighted by atomic mass is 9.98. The zero-order valence-electron chi connectivity index (χ0n) is 14.4. The summed E-state index contributed by atoms with van der Waals surface area (Å²) in [5.74, 6) is 0. The van der Waals surface area contributed by atoms with E-state index in [-0.39, 0.29) is 6.04 Å². The van der Waals surface area contributed by atoms with Crippen LogP contribution in [0.3, 0.4) is 0 Å². The molecular weight excluding hydrogens is 326 g/mol. The van der Waals surface area contributed by atoms with E-state index in [4.69, 9.17) is 0 Å². The topological polar surface area (TPSA) is 29.1 Å². The highest BCUT2D eigenvalue weighted by Gasteiger charge is 2.11. The second-order valence-corrected chi connectivity index (χ2v) is 7.51. The molecule has 25 heavy (non-hydrogen) atoms. The van der Waals surface area contributed by atoms with Crippen LogP contribution in [0.15, 0.2) is 89.8 Å². The fourth-order valence-electron chi connectivity index (χ4n) is 2.88. The molecule has 3 aromatic rings. The third-order valence-corrected chi connectivity index (χ3v) is 5.23. The number of hydrogen-bond donors (Lipinski definition) is 1. The van der Waals surface area contributed by atoms with Crippen LogP contribution in [0.1, 0.15) is 22.7 Å². The van der Waals surface area contributed by atoms with Crippen molar-refractivity contribution in [2.75, 3.05) is 6.26 Å². The SMILES string of the molecule is C[S@](=O)c1ccc(CN[C@@H](Cc2ccccc2)c2ccccc2)cc1. The van der Waals surface area contributed by atoms with Crippen LogP contribution < -0.4 is 5.32 Å². The number of benzene rings is 3. The largest absolute Gasteiger partial charge is 0.306 e. The van der Waals surface area contributed by atoms with E-state index < -0.39 is 10.8 Å². The molecule has 0 unspecified atom stereocenters. The summed E-state index contributed by atoms with van der Waals surface area (Å²) in [5, 5.41) is 3.67. The first-order valence-corrected chi connectivity index (χ1v) is 10.0. The summed E-state index contributed by atoms with van der Waals surface area (Å²) in [6.07, 6.45) is 2.65. The third-order valence-electron chi connectivity index (χ3n) is 4.29. The van der Waals surface area contributed by atoms with E-state index >= 15 is 0 Å². The first-order chi connectivity index (χ1) is 12.2. The maximum Gasteiger partial charge on any atom is 0.0498 e. The Kier molecular flexibility index (Phi) is 6.15. The Bertz CT molecular complexity index is 800. The standard InChI is InChI=1S/C22H23NOS/c1-25(24)21-14-12-19(13-15-21)17-23-22(20-10-6-3-7-11-20)16-18-8-4-2-5-9-18/h2-15,22-23H,16-17H2,1H3/t22-,25-/m0/s1. The molecule has 0 aromatic heterocycles. The van der Waals surface area contributed by atoms with Gasteiger partial charge in [-0.15, -0.1) is 0 Å². The maximum absolute atomic E-state index is 11.5. The monoisotopic (exact) mass is 349 g/mol. The van der Waals surface area contributed by atoms with Crippen LogP contribution in [0.2, 0.25) is 0 Å². The summed E-state index contributed by atoms with van der Waals surface area (Å²) in [6.45, 7) is 0.781. The zero-order valence-corrected chi connectivity index (χ0v) is 15.2. The zero-order chi connectivity index (χ0) is 17.5. The normalized spacial score (nSPS) is 13.3. The van der Waals surface area contributed by atoms with Crippen molar-refractivity contribution in [3.63, 3.8) is 0 Å². The minimum atomic E-state index is -0.927. The van der Waals surface area contributed by atoms with Crippen molar-refractivity contribution in [1.29, 1.82) is 0 Å². The summed E-state index contributed by atoms with van der Waals surface area (Å²) in [6, 6.07) is 29.4. The average Bonchev–Trinajstić information content (AvgIpc) is 2.67. The van der Waals surface area contributed by atoms with Gasteiger partial charge in [-0.05, 0) is 35.2 Å². The quantitative estimate of drug-likeness (QED) is 0.680. The van der Waals surface area contributed by atoms with E-state index in [0.29, 0.717) is 0 Å². The predicted molar refractivity (Wildman–Crippen MR) is 105 cm³/mol. The van der Waals surface area contributed by atoms with E-state index in [1.807, 2.05) is 36.4 Å². The highest BCUT2D eigenvalue weighted by atomic mass is 32.2. The summed E-state index contributed by atoms with van der Waals surface area (Å²) in [7, 11) is -0.927. The number of hydrogen-bond acceptors (Lipinski definition) is 2. The molecule has 0 aliphatic rings. The Labute approximate surface area is 152 Å². The Balaban J connectivity index is 1.72. The molecule has 0 spiro atoms. The summed E-state index contributed by atoms with van der Waals surface area (Å²) < 4.78 is 11.5. The molecule has 3 rings (SSSR count). The molecule has 1 N–H and O–H groups in total. The second kappa shape index (κ2) is 8.75. The fraction of sp³-hybridized carbons (Fsp3) is 0.182. The maximum atomic E-state index is 11.5. The van der Waals surface area contributed by atoms with Gasteiger partial charge < -0.3 is 5.32 Å². The van der Waals surface area contributed by atoms with Crippen molar-refractivity contribution in [1.82, 2.24) is 5.32 Å². The van der Waals surface area contributed by atoms with Gasteiger partial charge in [0.05, 0.1) is 0 Å². The smallest absolute Gasteiger partial charge is 0.0498 e. The molecule has 2 nitrogen and oxygen atoms in total. The molecule has 0 radical (unpaired) electrons. The molecule has 0 amide bonds. The molecule has 0 fully saturated rings. The molecule has 0 saturated heterocycles. The van der Waals surface area contributed by atoms with Crippen molar-refractivity contribution in [2.45, 2.75) is 23.9 Å². The van der Waals surface area contributed by atoms with E-state index in [1.165, 1.54) is 16.7 Å². The molecule has 0 bridgehead atoms. The van der Waals surface area contributed by atoms with E-state index in [1.54, 1.807) is 6.26 Å². The van der Waals surface area contributed by atoms with Crippen molar-refractivity contribution < 1.29 is 4.21 Å². The van der Waals surface area contributed by atoms with E-state index in [2.05, 4.69) is 53.8 Å². The van der Waals surface area contributed by atoms with E-state index in [0.717, 1.165) is 17.9 Å². The predicted octanol–water partition coefficient (Wildman–Crippen LogP) is 4.50. The van der Waals surface area contributed by atoms with Gasteiger partial charge in [0, 0.05) is 34.5 Å². The third kappa shape index (κ3) is 5.12. The summed E-state index contributed by atoms with van der Waals surface area (Å²) in [5.41, 5.74) is 3.81. The lowest BCUT2D eigenvalue weighted by molar-refractivity contribution is 0.530. The van der Waals surface area contributed by atoms with Crippen LogP contribution in [0.5, 0.6) is 0 Å². The molecule has 2 atom stereocenters. The van der Waals surface area contributed by atoms with Crippen molar-refractivity contribution in [2.24, 2.45) is 0 Å². The summed E-state index contributed by atoms with van der Waals surface area (Å²) >= 11 is 0. The lowest BCUT2D eigenvalue weighted by Gasteiger charge is -2.20. The second-order valence-electron chi connectivity index (χ2n) is 6.13. The van der Waals surface area contributed by atoms with Crippen molar-refractivity contribution in [3.05, 3.63) is 102 Å². The minimum Gasteiger partial charge on any atom is -0.306 e. The molecule has 128 valence electrons. The van der Waals surface area contributed by atoms with E-state index in [9.17, 15) is 4.21 Å². The fourth-order valence-corrected chi connectivity index (χ4v) is 3.40. The van der Waals surface area contributed by atoms with Crippen LogP contribution in [0.4, 0.5) is 0 Å². The van der Waals surface area contributed by atoms with Gasteiger partial charge in [0.25, 0.3) is 0 Å². The van der Waals surface area contributed by atoms with Gasteiger partial charge in [-0.25, -0.2) is 0 Å². The van der Waals surface area contributed by atoms with Crippen LogP contribution in [0, 0.1) is 0 Å². The van der Waals surface area contributed by atoms with Crippen LogP contribution in [0.25, 0.3) is 0 Å². The highest BCUT2D eigenvalue weighted by molar-refractivity contribution is 7.84. The first-order valence-electron chi connectivity index (χ1n) is 8.47. The van der Waals surface area contributed by atoms with Gasteiger partial charge in [0.1, 0.15) is 0 Å². The Hall–Kier alpha value is -2.23. The first kappa shape index (κ1) is 17.6.